The molecule has 2 rings (SSSR count). The summed E-state index contributed by atoms with van der Waals surface area (Å²) >= 11 is 0. The van der Waals surface area contributed by atoms with Gasteiger partial charge in [0.25, 0.3) is 0 Å². The quantitative estimate of drug-likeness (QED) is 0.807. The van der Waals surface area contributed by atoms with E-state index in [1.165, 1.54) is 4.90 Å². The summed E-state index contributed by atoms with van der Waals surface area (Å²) < 4.78 is 42.3. The number of hydrogen-bond acceptors (Lipinski definition) is 4. The van der Waals surface area contributed by atoms with Crippen molar-refractivity contribution >= 4 is 0 Å². The summed E-state index contributed by atoms with van der Waals surface area (Å²) in [5, 5.41) is 3.63. The van der Waals surface area contributed by atoms with Gasteiger partial charge in [0.05, 0.1) is 12.6 Å². The number of likely N-dealkylation sites (tertiary alicyclic amines) is 1. The molecule has 1 aromatic heterocycles. The van der Waals surface area contributed by atoms with Crippen LogP contribution in [0.15, 0.2) is 4.52 Å². The molecule has 0 aromatic carbocycles. The van der Waals surface area contributed by atoms with Crippen LogP contribution in [-0.2, 0) is 0 Å². The molecule has 1 saturated heterocycles. The van der Waals surface area contributed by atoms with Crippen LogP contribution in [0.3, 0.4) is 0 Å². The summed E-state index contributed by atoms with van der Waals surface area (Å²) in [6.45, 7) is 1.16. The average Bonchev–Trinajstić information content (AvgIpc) is 2.63. The maximum Gasteiger partial charge on any atom is 0.401 e. The molecule has 1 aliphatic heterocycles. The molecule has 0 saturated carbocycles. The number of hydrogen-bond donors (Lipinski definition) is 0. The zero-order chi connectivity index (χ0) is 12.5. The zero-order valence-electron chi connectivity index (χ0n) is 9.50. The molecular formula is C10H14F3N3O. The molecule has 1 atom stereocenters. The van der Waals surface area contributed by atoms with E-state index in [1.807, 2.05) is 0 Å². The van der Waals surface area contributed by atoms with Crippen LogP contribution in [0.2, 0.25) is 0 Å². The first-order chi connectivity index (χ1) is 7.96. The highest BCUT2D eigenvalue weighted by atomic mass is 19.4. The van der Waals surface area contributed by atoms with Crippen LogP contribution in [0.5, 0.6) is 0 Å². The van der Waals surface area contributed by atoms with Crippen molar-refractivity contribution in [3.63, 3.8) is 0 Å². The van der Waals surface area contributed by atoms with Gasteiger partial charge >= 0.3 is 6.18 Å². The molecule has 0 radical (unpaired) electrons. The van der Waals surface area contributed by atoms with E-state index < -0.39 is 18.8 Å². The summed E-state index contributed by atoms with van der Waals surface area (Å²) in [5.41, 5.74) is 0. The Hall–Kier alpha value is -1.11. The highest BCUT2D eigenvalue weighted by Gasteiger charge is 2.37. The van der Waals surface area contributed by atoms with Crippen molar-refractivity contribution < 1.29 is 17.7 Å². The van der Waals surface area contributed by atoms with E-state index in [9.17, 15) is 13.2 Å². The van der Waals surface area contributed by atoms with E-state index in [0.29, 0.717) is 24.7 Å². The SMILES string of the molecule is Cc1noc([C@H]2CCCCN2CC(F)(F)F)n1. The fourth-order valence-electron chi connectivity index (χ4n) is 2.14. The van der Waals surface area contributed by atoms with E-state index >= 15 is 0 Å². The van der Waals surface area contributed by atoms with Gasteiger partial charge in [0.15, 0.2) is 5.82 Å². The molecule has 0 unspecified atom stereocenters. The molecule has 96 valence electrons. The molecule has 7 heteroatoms. The molecule has 1 fully saturated rings. The van der Waals surface area contributed by atoms with Gasteiger partial charge in [-0.25, -0.2) is 0 Å². The second kappa shape index (κ2) is 4.64. The van der Waals surface area contributed by atoms with Crippen LogP contribution in [-0.4, -0.2) is 34.3 Å². The van der Waals surface area contributed by atoms with E-state index in [1.54, 1.807) is 6.92 Å². The van der Waals surface area contributed by atoms with Crippen molar-refractivity contribution in [3.05, 3.63) is 11.7 Å². The Kier molecular flexibility index (Phi) is 3.37. The first kappa shape index (κ1) is 12.3. The third-order valence-electron chi connectivity index (χ3n) is 2.82. The summed E-state index contributed by atoms with van der Waals surface area (Å²) in [6, 6.07) is -0.397. The van der Waals surface area contributed by atoms with Gasteiger partial charge in [-0.15, -0.1) is 0 Å². The Labute approximate surface area is 96.8 Å². The summed E-state index contributed by atoms with van der Waals surface area (Å²) in [6.07, 6.45) is -1.89. The summed E-state index contributed by atoms with van der Waals surface area (Å²) in [7, 11) is 0. The average molecular weight is 249 g/mol. The Balaban J connectivity index is 2.12. The van der Waals surface area contributed by atoms with Crippen LogP contribution >= 0.6 is 0 Å². The summed E-state index contributed by atoms with van der Waals surface area (Å²) in [5.74, 6) is 0.754. The number of nitrogens with zero attached hydrogens (tertiary/aromatic N) is 3. The lowest BCUT2D eigenvalue weighted by molar-refractivity contribution is -0.155. The largest absolute Gasteiger partial charge is 0.401 e. The highest BCUT2D eigenvalue weighted by molar-refractivity contribution is 4.94. The van der Waals surface area contributed by atoms with Gasteiger partial charge in [-0.05, 0) is 26.3 Å². The Bertz CT molecular complexity index is 377. The number of alkyl halides is 3. The van der Waals surface area contributed by atoms with E-state index in [4.69, 9.17) is 4.52 Å². The van der Waals surface area contributed by atoms with Crippen LogP contribution in [0.25, 0.3) is 0 Å². The van der Waals surface area contributed by atoms with Crippen molar-refractivity contribution in [2.45, 2.75) is 38.4 Å². The van der Waals surface area contributed by atoms with Gasteiger partial charge in [0, 0.05) is 0 Å². The van der Waals surface area contributed by atoms with E-state index in [0.717, 1.165) is 12.8 Å². The molecule has 1 aliphatic rings. The lowest BCUT2D eigenvalue weighted by atomic mass is 10.0. The monoisotopic (exact) mass is 249 g/mol. The maximum atomic E-state index is 12.4. The van der Waals surface area contributed by atoms with Crippen LogP contribution in [0, 0.1) is 6.92 Å². The topological polar surface area (TPSA) is 42.2 Å². The first-order valence-electron chi connectivity index (χ1n) is 5.57. The molecule has 0 spiro atoms. The second-order valence-corrected chi connectivity index (χ2v) is 4.28. The lowest BCUT2D eigenvalue weighted by Crippen LogP contribution is -2.40. The van der Waals surface area contributed by atoms with Crippen LogP contribution in [0.1, 0.15) is 37.0 Å². The molecule has 1 aromatic rings. The Morgan fingerprint density at radius 3 is 2.76 bits per heavy atom. The Morgan fingerprint density at radius 2 is 2.18 bits per heavy atom. The summed E-state index contributed by atoms with van der Waals surface area (Å²) in [4.78, 5) is 5.40. The number of rotatable bonds is 2. The van der Waals surface area contributed by atoms with Crippen molar-refractivity contribution in [3.8, 4) is 0 Å². The molecule has 0 bridgehead atoms. The number of aromatic nitrogens is 2. The smallest absolute Gasteiger partial charge is 0.338 e. The van der Waals surface area contributed by atoms with Crippen molar-refractivity contribution in [2.24, 2.45) is 0 Å². The van der Waals surface area contributed by atoms with Gasteiger partial charge in [-0.3, -0.25) is 4.90 Å². The molecule has 17 heavy (non-hydrogen) atoms. The standard InChI is InChI=1S/C10H14F3N3O/c1-7-14-9(17-15-7)8-4-2-3-5-16(8)6-10(11,12)13/h8H,2-6H2,1H3/t8-/m1/s1. The minimum absolute atomic E-state index is 0.298. The fourth-order valence-corrected chi connectivity index (χ4v) is 2.14. The maximum absolute atomic E-state index is 12.4. The second-order valence-electron chi connectivity index (χ2n) is 4.28. The van der Waals surface area contributed by atoms with Crippen LogP contribution < -0.4 is 0 Å². The van der Waals surface area contributed by atoms with E-state index in [-0.39, 0.29) is 0 Å². The Morgan fingerprint density at radius 1 is 1.41 bits per heavy atom. The third-order valence-corrected chi connectivity index (χ3v) is 2.82. The molecule has 0 amide bonds. The molecule has 4 nitrogen and oxygen atoms in total. The predicted octanol–water partition coefficient (Wildman–Crippen LogP) is 2.47. The molecular weight excluding hydrogens is 235 g/mol. The third kappa shape index (κ3) is 3.18. The lowest BCUT2D eigenvalue weighted by Gasteiger charge is -2.33. The van der Waals surface area contributed by atoms with Gasteiger partial charge in [0.1, 0.15) is 0 Å². The molecule has 0 N–H and O–H groups in total. The van der Waals surface area contributed by atoms with Crippen molar-refractivity contribution in [2.75, 3.05) is 13.1 Å². The number of halogens is 3. The fraction of sp³-hybridized carbons (Fsp3) is 0.800. The van der Waals surface area contributed by atoms with Gasteiger partial charge in [0.2, 0.25) is 5.89 Å². The zero-order valence-corrected chi connectivity index (χ0v) is 9.50. The normalized spacial score (nSPS) is 22.9. The number of aryl methyl sites for hydroxylation is 1. The van der Waals surface area contributed by atoms with Gasteiger partial charge < -0.3 is 4.52 Å². The van der Waals surface area contributed by atoms with Gasteiger partial charge in [-0.1, -0.05) is 11.6 Å². The minimum atomic E-state index is -4.19. The molecule has 0 aliphatic carbocycles. The van der Waals surface area contributed by atoms with Gasteiger partial charge in [-0.2, -0.15) is 18.2 Å². The highest BCUT2D eigenvalue weighted by Crippen LogP contribution is 2.32. The predicted molar refractivity (Wildman–Crippen MR) is 53.3 cm³/mol. The number of piperidine rings is 1. The van der Waals surface area contributed by atoms with Crippen molar-refractivity contribution in [1.29, 1.82) is 0 Å². The molecule has 2 heterocycles. The first-order valence-corrected chi connectivity index (χ1v) is 5.57. The van der Waals surface area contributed by atoms with Crippen LogP contribution in [0.4, 0.5) is 13.2 Å². The minimum Gasteiger partial charge on any atom is -0.338 e. The van der Waals surface area contributed by atoms with E-state index in [2.05, 4.69) is 10.1 Å². The van der Waals surface area contributed by atoms with Crippen molar-refractivity contribution in [1.82, 2.24) is 15.0 Å².